The Morgan fingerprint density at radius 1 is 1.42 bits per heavy atom. The van der Waals surface area contributed by atoms with Crippen molar-refractivity contribution in [1.82, 2.24) is 5.32 Å². The minimum atomic E-state index is -1.29. The second kappa shape index (κ2) is 6.91. The van der Waals surface area contributed by atoms with Gasteiger partial charge in [0.2, 0.25) is 5.91 Å². The molecule has 0 saturated carbocycles. The van der Waals surface area contributed by atoms with Crippen LogP contribution in [0.1, 0.15) is 5.56 Å². The quantitative estimate of drug-likeness (QED) is 0.644. The first-order valence-electron chi connectivity index (χ1n) is 5.47. The third-order valence-electron chi connectivity index (χ3n) is 2.33. The Labute approximate surface area is 110 Å². The fourth-order valence-corrected chi connectivity index (χ4v) is 1.45. The number of carboxylic acid groups (broad SMARTS) is 1. The van der Waals surface area contributed by atoms with E-state index in [0.29, 0.717) is 5.75 Å². The van der Waals surface area contributed by atoms with Crippen molar-refractivity contribution < 1.29 is 19.4 Å². The van der Waals surface area contributed by atoms with Gasteiger partial charge in [-0.05, 0) is 17.7 Å². The zero-order valence-electron chi connectivity index (χ0n) is 10.1. The van der Waals surface area contributed by atoms with Crippen molar-refractivity contribution >= 4 is 12.0 Å². The Bertz CT molecular complexity index is 490. The van der Waals surface area contributed by atoms with Crippen molar-refractivity contribution in [2.75, 3.05) is 6.61 Å². The van der Waals surface area contributed by atoms with Crippen molar-refractivity contribution in [2.45, 2.75) is 12.5 Å². The van der Waals surface area contributed by atoms with Crippen LogP contribution in [-0.4, -0.2) is 29.8 Å². The summed E-state index contributed by atoms with van der Waals surface area (Å²) in [6, 6.07) is 5.84. The molecule has 0 aliphatic carbocycles. The van der Waals surface area contributed by atoms with Crippen LogP contribution in [0.2, 0.25) is 0 Å². The van der Waals surface area contributed by atoms with Crippen LogP contribution in [0, 0.1) is 12.3 Å². The van der Waals surface area contributed by atoms with Gasteiger partial charge in [0.15, 0.2) is 0 Å². The van der Waals surface area contributed by atoms with Crippen LogP contribution in [0.15, 0.2) is 24.3 Å². The summed E-state index contributed by atoms with van der Waals surface area (Å²) in [5.41, 5.74) is 5.87. The molecule has 1 aromatic rings. The number of amides is 2. The predicted molar refractivity (Wildman–Crippen MR) is 68.6 cm³/mol. The molecule has 0 radical (unpaired) electrons. The second-order valence-electron chi connectivity index (χ2n) is 3.75. The summed E-state index contributed by atoms with van der Waals surface area (Å²) < 4.78 is 5.19. The summed E-state index contributed by atoms with van der Waals surface area (Å²) in [7, 11) is 0. The molecule has 0 saturated heterocycles. The van der Waals surface area contributed by atoms with Gasteiger partial charge < -0.3 is 20.9 Å². The van der Waals surface area contributed by atoms with E-state index in [4.69, 9.17) is 22.0 Å². The van der Waals surface area contributed by atoms with Crippen LogP contribution >= 0.6 is 0 Å². The number of carbonyl (C=O) groups excluding carboxylic acids is 1. The molecule has 0 bridgehead atoms. The molecule has 19 heavy (non-hydrogen) atoms. The highest BCUT2D eigenvalue weighted by molar-refractivity contribution is 5.84. The number of hydrogen-bond acceptors (Lipinski definition) is 3. The van der Waals surface area contributed by atoms with Crippen molar-refractivity contribution in [3.63, 3.8) is 0 Å². The molecule has 6 nitrogen and oxygen atoms in total. The predicted octanol–water partition coefficient (Wildman–Crippen LogP) is 0.363. The Morgan fingerprint density at radius 3 is 2.53 bits per heavy atom. The lowest BCUT2D eigenvalue weighted by Crippen LogP contribution is -2.45. The molecule has 0 fully saturated rings. The van der Waals surface area contributed by atoms with Gasteiger partial charge in [0.1, 0.15) is 18.4 Å². The van der Waals surface area contributed by atoms with Gasteiger partial charge in [-0.2, -0.15) is 0 Å². The molecule has 2 amide bonds. The molecule has 100 valence electrons. The zero-order chi connectivity index (χ0) is 14.3. The average molecular weight is 262 g/mol. The first-order valence-corrected chi connectivity index (χ1v) is 5.47. The van der Waals surface area contributed by atoms with E-state index in [0.717, 1.165) is 5.56 Å². The van der Waals surface area contributed by atoms with E-state index in [1.54, 1.807) is 24.3 Å². The Hall–Kier alpha value is -2.68. The van der Waals surface area contributed by atoms with E-state index >= 15 is 0 Å². The van der Waals surface area contributed by atoms with Crippen LogP contribution in [0.5, 0.6) is 5.75 Å². The topological polar surface area (TPSA) is 102 Å². The second-order valence-corrected chi connectivity index (χ2v) is 3.75. The maximum Gasteiger partial charge on any atom is 0.405 e. The average Bonchev–Trinajstić information content (AvgIpc) is 2.36. The standard InChI is InChI=1S/C13H14N2O4/c1-2-7-19-10-5-3-9(4-6-10)8-11(12(14)16)15-13(17)18/h1,3-6,11,15H,7-8H2,(H2,14,16)(H,17,18)/t11-/m0/s1. The van der Waals surface area contributed by atoms with Gasteiger partial charge in [0.25, 0.3) is 0 Å². The van der Waals surface area contributed by atoms with Crippen LogP contribution < -0.4 is 15.8 Å². The summed E-state index contributed by atoms with van der Waals surface area (Å²) in [4.78, 5) is 21.6. The molecule has 0 heterocycles. The normalized spacial score (nSPS) is 11.1. The molecular formula is C13H14N2O4. The molecule has 0 aliphatic heterocycles. The largest absolute Gasteiger partial charge is 0.481 e. The number of nitrogens with one attached hydrogen (secondary N) is 1. The van der Waals surface area contributed by atoms with E-state index < -0.39 is 18.0 Å². The Balaban J connectivity index is 2.67. The highest BCUT2D eigenvalue weighted by Crippen LogP contribution is 2.13. The summed E-state index contributed by atoms with van der Waals surface area (Å²) in [6.45, 7) is 0.170. The minimum Gasteiger partial charge on any atom is -0.481 e. The maximum atomic E-state index is 11.1. The summed E-state index contributed by atoms with van der Waals surface area (Å²) in [5.74, 6) is 2.21. The van der Waals surface area contributed by atoms with E-state index in [9.17, 15) is 9.59 Å². The van der Waals surface area contributed by atoms with Crippen molar-refractivity contribution in [1.29, 1.82) is 0 Å². The first kappa shape index (κ1) is 14.4. The molecule has 1 rings (SSSR count). The van der Waals surface area contributed by atoms with Crippen LogP contribution in [-0.2, 0) is 11.2 Å². The highest BCUT2D eigenvalue weighted by Gasteiger charge is 2.17. The Morgan fingerprint density at radius 2 is 2.05 bits per heavy atom. The van der Waals surface area contributed by atoms with Gasteiger partial charge in [-0.1, -0.05) is 18.1 Å². The summed E-state index contributed by atoms with van der Waals surface area (Å²) >= 11 is 0. The van der Waals surface area contributed by atoms with Gasteiger partial charge in [0.05, 0.1) is 0 Å². The SMILES string of the molecule is C#CCOc1ccc(C[C@H](NC(=O)O)C(N)=O)cc1. The number of ether oxygens (including phenoxy) is 1. The van der Waals surface area contributed by atoms with E-state index in [1.807, 2.05) is 0 Å². The van der Waals surface area contributed by atoms with Gasteiger partial charge in [0, 0.05) is 6.42 Å². The molecule has 4 N–H and O–H groups in total. The van der Waals surface area contributed by atoms with Gasteiger partial charge in [-0.25, -0.2) is 4.79 Å². The van der Waals surface area contributed by atoms with Gasteiger partial charge in [-0.15, -0.1) is 6.42 Å². The Kier molecular flexibility index (Phi) is 5.23. The number of carbonyl (C=O) groups is 2. The van der Waals surface area contributed by atoms with Gasteiger partial charge in [-0.3, -0.25) is 4.79 Å². The lowest BCUT2D eigenvalue weighted by molar-refractivity contribution is -0.119. The summed E-state index contributed by atoms with van der Waals surface area (Å²) in [6.07, 6.45) is 3.95. The highest BCUT2D eigenvalue weighted by atomic mass is 16.5. The molecule has 0 spiro atoms. The van der Waals surface area contributed by atoms with E-state index in [1.165, 1.54) is 0 Å². The van der Waals surface area contributed by atoms with Crippen molar-refractivity contribution in [3.05, 3.63) is 29.8 Å². The fraction of sp³-hybridized carbons (Fsp3) is 0.231. The van der Waals surface area contributed by atoms with E-state index in [2.05, 4.69) is 11.2 Å². The van der Waals surface area contributed by atoms with Gasteiger partial charge >= 0.3 is 6.09 Å². The lowest BCUT2D eigenvalue weighted by atomic mass is 10.1. The third kappa shape index (κ3) is 5.00. The monoisotopic (exact) mass is 262 g/mol. The van der Waals surface area contributed by atoms with Crippen LogP contribution in [0.3, 0.4) is 0 Å². The van der Waals surface area contributed by atoms with Crippen LogP contribution in [0.25, 0.3) is 0 Å². The van der Waals surface area contributed by atoms with Crippen molar-refractivity contribution in [2.24, 2.45) is 5.73 Å². The van der Waals surface area contributed by atoms with E-state index in [-0.39, 0.29) is 13.0 Å². The van der Waals surface area contributed by atoms with Crippen molar-refractivity contribution in [3.8, 4) is 18.1 Å². The minimum absolute atomic E-state index is 0.170. The number of benzene rings is 1. The van der Waals surface area contributed by atoms with Crippen LogP contribution in [0.4, 0.5) is 4.79 Å². The summed E-state index contributed by atoms with van der Waals surface area (Å²) in [5, 5.41) is 10.7. The number of terminal acetylenes is 1. The molecule has 1 aromatic carbocycles. The molecule has 0 aromatic heterocycles. The molecule has 0 aliphatic rings. The molecule has 1 atom stereocenters. The molecular weight excluding hydrogens is 248 g/mol. The molecule has 6 heteroatoms. The smallest absolute Gasteiger partial charge is 0.405 e. The third-order valence-corrected chi connectivity index (χ3v) is 2.33. The first-order chi connectivity index (χ1) is 9.02. The zero-order valence-corrected chi connectivity index (χ0v) is 10.1. The number of primary amides is 1. The lowest BCUT2D eigenvalue weighted by Gasteiger charge is -2.13. The molecule has 0 unspecified atom stereocenters. The number of rotatable bonds is 6. The number of hydrogen-bond donors (Lipinski definition) is 3. The number of nitrogens with two attached hydrogens (primary N) is 1. The maximum absolute atomic E-state index is 11.1. The fourth-order valence-electron chi connectivity index (χ4n) is 1.45.